The fourth-order valence-electron chi connectivity index (χ4n) is 13.3. The van der Waals surface area contributed by atoms with E-state index in [2.05, 4.69) is 301 Å². The lowest BCUT2D eigenvalue weighted by molar-refractivity contribution is 0.633. The van der Waals surface area contributed by atoms with Gasteiger partial charge in [-0.2, -0.15) is 0 Å². The molecule has 0 heterocycles. The summed E-state index contributed by atoms with van der Waals surface area (Å²) in [5.74, 6) is 0. The molecule has 2 spiro atoms. The third kappa shape index (κ3) is 6.00. The van der Waals surface area contributed by atoms with Crippen molar-refractivity contribution in [1.82, 2.24) is 0 Å². The van der Waals surface area contributed by atoms with E-state index in [0.29, 0.717) is 0 Å². The van der Waals surface area contributed by atoms with Gasteiger partial charge in [-0.1, -0.05) is 218 Å². The van der Waals surface area contributed by atoms with Crippen molar-refractivity contribution in [1.29, 1.82) is 0 Å². The van der Waals surface area contributed by atoms with Crippen LogP contribution in [0.2, 0.25) is 0 Å². The van der Waals surface area contributed by atoms with Gasteiger partial charge >= 0.3 is 0 Å². The Bertz CT molecular complexity index is 4100. The van der Waals surface area contributed by atoms with Crippen molar-refractivity contribution in [2.45, 2.75) is 10.8 Å². The average Bonchev–Trinajstić information content (AvgIpc) is 4.06. The van der Waals surface area contributed by atoms with Gasteiger partial charge in [-0.3, -0.25) is 0 Å². The number of hydrogen-bond donors (Lipinski definition) is 0. The van der Waals surface area contributed by atoms with Crippen molar-refractivity contribution in [2.24, 2.45) is 0 Å². The molecule has 0 aromatic heterocycles. The summed E-state index contributed by atoms with van der Waals surface area (Å²) in [5, 5.41) is 2.44. The molecule has 0 fully saturated rings. The molecule has 3 aliphatic carbocycles. The molecule has 1 atom stereocenters. The van der Waals surface area contributed by atoms with E-state index in [0.717, 1.165) is 34.1 Å². The second-order valence-electron chi connectivity index (χ2n) is 19.9. The lowest BCUT2D eigenvalue weighted by atomic mass is 9.52. The maximum atomic E-state index is 2.56. The zero-order valence-electron chi connectivity index (χ0n) is 40.6. The van der Waals surface area contributed by atoms with E-state index in [9.17, 15) is 0 Å². The molecule has 0 saturated heterocycles. The Morgan fingerprint density at radius 2 is 0.541 bits per heavy atom. The number of nitrogens with zero attached hydrogens (tertiary/aromatic N) is 2. The molecule has 12 aromatic carbocycles. The van der Waals surface area contributed by atoms with Crippen molar-refractivity contribution in [3.63, 3.8) is 0 Å². The van der Waals surface area contributed by atoms with E-state index >= 15 is 0 Å². The molecule has 12 aromatic rings. The highest BCUT2D eigenvalue weighted by molar-refractivity contribution is 5.97. The molecule has 2 heteroatoms. The largest absolute Gasteiger partial charge is 0.310 e. The van der Waals surface area contributed by atoms with Crippen LogP contribution in [0.5, 0.6) is 0 Å². The Morgan fingerprint density at radius 1 is 0.189 bits per heavy atom. The van der Waals surface area contributed by atoms with Gasteiger partial charge in [0.2, 0.25) is 0 Å². The maximum absolute atomic E-state index is 2.56. The van der Waals surface area contributed by atoms with Gasteiger partial charge in [0.05, 0.1) is 10.8 Å². The van der Waals surface area contributed by atoms with Crippen LogP contribution in [0.1, 0.15) is 44.5 Å². The molecule has 1 unspecified atom stereocenters. The number of fused-ring (bicyclic) bond motifs is 17. The average molecular weight is 941 g/mol. The van der Waals surface area contributed by atoms with Gasteiger partial charge in [-0.05, 0) is 161 Å². The summed E-state index contributed by atoms with van der Waals surface area (Å²) in [6.45, 7) is 0. The second kappa shape index (κ2) is 16.5. The molecular weight excluding hydrogens is 893 g/mol. The van der Waals surface area contributed by atoms with E-state index in [-0.39, 0.29) is 0 Å². The quantitative estimate of drug-likeness (QED) is 0.157. The van der Waals surface area contributed by atoms with Gasteiger partial charge in [0.15, 0.2) is 0 Å². The van der Waals surface area contributed by atoms with Crippen LogP contribution < -0.4 is 9.80 Å². The van der Waals surface area contributed by atoms with Crippen molar-refractivity contribution < 1.29 is 0 Å². The second-order valence-corrected chi connectivity index (χ2v) is 19.9. The number of benzene rings is 12. The number of hydrogen-bond acceptors (Lipinski definition) is 2. The third-order valence-electron chi connectivity index (χ3n) is 16.3. The van der Waals surface area contributed by atoms with E-state index in [1.807, 2.05) is 0 Å². The minimum absolute atomic E-state index is 0.588. The highest BCUT2D eigenvalue weighted by Gasteiger charge is 2.59. The summed E-state index contributed by atoms with van der Waals surface area (Å²) in [7, 11) is 0. The molecule has 74 heavy (non-hydrogen) atoms. The molecule has 0 amide bonds. The van der Waals surface area contributed by atoms with Gasteiger partial charge in [-0.15, -0.1) is 0 Å². The predicted octanol–water partition coefficient (Wildman–Crippen LogP) is 18.5. The summed E-state index contributed by atoms with van der Waals surface area (Å²) in [5.41, 5.74) is 23.3. The normalized spacial score (nSPS) is 14.9. The summed E-state index contributed by atoms with van der Waals surface area (Å²) < 4.78 is 0. The minimum Gasteiger partial charge on any atom is -0.310 e. The highest BCUT2D eigenvalue weighted by atomic mass is 15.1. The maximum Gasteiger partial charge on any atom is 0.0720 e. The van der Waals surface area contributed by atoms with Gasteiger partial charge in [-0.25, -0.2) is 0 Å². The van der Waals surface area contributed by atoms with Crippen LogP contribution >= 0.6 is 0 Å². The van der Waals surface area contributed by atoms with Gasteiger partial charge in [0.25, 0.3) is 0 Å². The Balaban J connectivity index is 1.02. The molecular formula is C72H48N2. The zero-order chi connectivity index (χ0) is 48.8. The molecule has 0 bridgehead atoms. The zero-order valence-corrected chi connectivity index (χ0v) is 40.6. The molecule has 0 aliphatic heterocycles. The van der Waals surface area contributed by atoms with Crippen LogP contribution in [-0.4, -0.2) is 0 Å². The molecule has 0 radical (unpaired) electrons. The molecule has 0 saturated carbocycles. The Morgan fingerprint density at radius 3 is 1.14 bits per heavy atom. The predicted molar refractivity (Wildman–Crippen MR) is 307 cm³/mol. The molecule has 3 aliphatic rings. The summed E-state index contributed by atoms with van der Waals surface area (Å²) in [6, 6.07) is 109. The first kappa shape index (κ1) is 42.2. The Labute approximate surface area is 432 Å². The first-order chi connectivity index (χ1) is 36.7. The number of para-hydroxylation sites is 2. The number of anilines is 6. The lowest BCUT2D eigenvalue weighted by Crippen LogP contribution is -2.43. The highest BCUT2D eigenvalue weighted by Crippen LogP contribution is 2.68. The molecule has 15 rings (SSSR count). The van der Waals surface area contributed by atoms with Crippen LogP contribution in [0.4, 0.5) is 34.1 Å². The number of rotatable bonds is 7. The Hall–Kier alpha value is -9.50. The molecule has 0 N–H and O–H groups in total. The van der Waals surface area contributed by atoms with Crippen molar-refractivity contribution >= 4 is 44.9 Å². The first-order valence-electron chi connectivity index (χ1n) is 25.7. The van der Waals surface area contributed by atoms with Crippen LogP contribution in [0.3, 0.4) is 0 Å². The van der Waals surface area contributed by atoms with Crippen LogP contribution in [-0.2, 0) is 10.8 Å². The summed E-state index contributed by atoms with van der Waals surface area (Å²) >= 11 is 0. The minimum atomic E-state index is -0.690. The monoisotopic (exact) mass is 940 g/mol. The summed E-state index contributed by atoms with van der Waals surface area (Å²) in [4.78, 5) is 4.86. The summed E-state index contributed by atoms with van der Waals surface area (Å²) in [6.07, 6.45) is 0. The van der Waals surface area contributed by atoms with Crippen LogP contribution in [0.25, 0.3) is 44.2 Å². The van der Waals surface area contributed by atoms with Gasteiger partial charge in [0, 0.05) is 34.1 Å². The topological polar surface area (TPSA) is 6.48 Å². The smallest absolute Gasteiger partial charge is 0.0720 e. The van der Waals surface area contributed by atoms with Crippen LogP contribution in [0.15, 0.2) is 291 Å². The van der Waals surface area contributed by atoms with E-state index in [1.54, 1.807) is 0 Å². The fraction of sp³-hybridized carbons (Fsp3) is 0.0278. The van der Waals surface area contributed by atoms with Gasteiger partial charge in [0.1, 0.15) is 0 Å². The van der Waals surface area contributed by atoms with E-state index in [4.69, 9.17) is 0 Å². The van der Waals surface area contributed by atoms with Crippen molar-refractivity contribution in [2.75, 3.05) is 9.80 Å². The molecule has 2 nitrogen and oxygen atoms in total. The van der Waals surface area contributed by atoms with Gasteiger partial charge < -0.3 is 9.80 Å². The Kier molecular flexibility index (Phi) is 9.43. The standard InChI is InChI=1S/C72H48N2/c1-4-20-49(21-5-1)51-36-39-55(40-37-51)73(53-24-6-2-7-25-53)58-43-45-69-70(48-58)72(68-35-19-18-34-67(68)71(69)63-31-15-12-28-59(63)60-29-13-16-32-64(60)71)65-33-17-14-30-61(65)62-47-57(42-44-66(62)72)74(54-26-8-3-9-27-54)56-41-38-50-22-10-11-23-52(50)46-56/h1-48H. The fourth-order valence-corrected chi connectivity index (χ4v) is 13.3. The molecule has 346 valence electrons. The lowest BCUT2D eigenvalue weighted by Gasteiger charge is -2.49. The third-order valence-corrected chi connectivity index (χ3v) is 16.3. The first-order valence-corrected chi connectivity index (χ1v) is 25.7. The SMILES string of the molecule is c1ccc(-c2ccc(N(c3ccccc3)c3ccc4c(c3)C3(c5ccccc5-c5cc(N(c6ccccc6)c6ccc7ccccc7c6)ccc53)c3ccccc3C43c4ccccc4-c4ccccc43)cc2)cc1. The van der Waals surface area contributed by atoms with E-state index in [1.165, 1.54) is 88.7 Å². The van der Waals surface area contributed by atoms with E-state index < -0.39 is 10.8 Å². The van der Waals surface area contributed by atoms with Crippen LogP contribution in [0, 0.1) is 0 Å². The van der Waals surface area contributed by atoms with Crippen molar-refractivity contribution in [3.8, 4) is 33.4 Å². The van der Waals surface area contributed by atoms with Crippen molar-refractivity contribution in [3.05, 3.63) is 336 Å².